The number of esters is 1. The van der Waals surface area contributed by atoms with Crippen LogP contribution in [0.2, 0.25) is 0 Å². The molecule has 0 amide bonds. The number of aryl methyl sites for hydroxylation is 2. The molecule has 0 fully saturated rings. The van der Waals surface area contributed by atoms with Gasteiger partial charge >= 0.3 is 5.97 Å². The van der Waals surface area contributed by atoms with Gasteiger partial charge in [0.05, 0.1) is 12.8 Å². The average Bonchev–Trinajstić information content (AvgIpc) is 2.51. The number of hydrogen-bond donors (Lipinski definition) is 1. The van der Waals surface area contributed by atoms with Gasteiger partial charge in [0.15, 0.2) is 0 Å². The maximum absolute atomic E-state index is 11.4. The van der Waals surface area contributed by atoms with E-state index >= 15 is 0 Å². The van der Waals surface area contributed by atoms with Crippen molar-refractivity contribution in [2.45, 2.75) is 20.8 Å². The van der Waals surface area contributed by atoms with Crippen LogP contribution in [0.5, 0.6) is 17.4 Å². The molecule has 0 bridgehead atoms. The van der Waals surface area contributed by atoms with E-state index in [1.165, 1.54) is 18.3 Å². The van der Waals surface area contributed by atoms with E-state index in [-0.39, 0.29) is 11.7 Å². The van der Waals surface area contributed by atoms with Crippen LogP contribution < -0.4 is 4.74 Å². The van der Waals surface area contributed by atoms with Crippen molar-refractivity contribution in [2.24, 2.45) is 0 Å². The Hall–Kier alpha value is -2.82. The number of hydrogen-bond acceptors (Lipinski definition) is 5. The lowest BCUT2D eigenvalue weighted by atomic mass is 10.1. The summed E-state index contributed by atoms with van der Waals surface area (Å²) < 4.78 is 10.6. The Balaban J connectivity index is 2.20. The Bertz CT molecular complexity index is 697. The fourth-order valence-electron chi connectivity index (χ4n) is 2.13. The fourth-order valence-corrected chi connectivity index (χ4v) is 2.13. The van der Waals surface area contributed by atoms with Crippen molar-refractivity contribution >= 4 is 12.0 Å². The van der Waals surface area contributed by atoms with Gasteiger partial charge in [-0.15, -0.1) is 0 Å². The predicted molar refractivity (Wildman–Crippen MR) is 87.6 cm³/mol. The van der Waals surface area contributed by atoms with Crippen molar-refractivity contribution in [3.8, 4) is 17.4 Å². The van der Waals surface area contributed by atoms with Crippen LogP contribution in [0.15, 0.2) is 36.5 Å². The average molecular weight is 313 g/mol. The number of carbonyl (C=O) groups excluding carboxylic acids is 1. The lowest BCUT2D eigenvalue weighted by molar-refractivity contribution is -0.137. The molecule has 0 aliphatic heterocycles. The number of nitrogens with zero attached hydrogens (tertiary/aromatic N) is 1. The number of aromatic hydroxyl groups is 1. The second-order valence-electron chi connectivity index (χ2n) is 5.03. The summed E-state index contributed by atoms with van der Waals surface area (Å²) in [7, 11) is 0. The molecule has 1 N–H and O–H groups in total. The molecule has 23 heavy (non-hydrogen) atoms. The van der Waals surface area contributed by atoms with E-state index in [0.29, 0.717) is 18.2 Å². The summed E-state index contributed by atoms with van der Waals surface area (Å²) in [5.74, 6) is 0.835. The first-order valence-corrected chi connectivity index (χ1v) is 7.28. The quantitative estimate of drug-likeness (QED) is 0.672. The number of ether oxygens (including phenoxy) is 2. The van der Waals surface area contributed by atoms with Crippen LogP contribution in [0, 0.1) is 13.8 Å². The van der Waals surface area contributed by atoms with Crippen LogP contribution in [0.25, 0.3) is 6.08 Å². The summed E-state index contributed by atoms with van der Waals surface area (Å²) in [4.78, 5) is 15.4. The predicted octanol–water partition coefficient (Wildman–Crippen LogP) is 3.77. The molecule has 0 aliphatic carbocycles. The summed E-state index contributed by atoms with van der Waals surface area (Å²) in [5.41, 5.74) is 2.73. The number of benzene rings is 1. The van der Waals surface area contributed by atoms with Crippen LogP contribution in [0.4, 0.5) is 0 Å². The molecular weight excluding hydrogens is 294 g/mol. The summed E-state index contributed by atoms with van der Waals surface area (Å²) >= 11 is 0. The minimum Gasteiger partial charge on any atom is -0.506 e. The SMILES string of the molecule is CCOC(=O)/C=C/c1cc(C)c(Oc2ccc(O)cn2)c(C)c1. The number of carbonyl (C=O) groups is 1. The van der Waals surface area contributed by atoms with Crippen molar-refractivity contribution in [1.29, 1.82) is 0 Å². The van der Waals surface area contributed by atoms with Gasteiger partial charge in [0.2, 0.25) is 5.88 Å². The Morgan fingerprint density at radius 2 is 1.96 bits per heavy atom. The van der Waals surface area contributed by atoms with Crippen molar-refractivity contribution in [3.63, 3.8) is 0 Å². The Morgan fingerprint density at radius 1 is 1.26 bits per heavy atom. The molecule has 0 atom stereocenters. The standard InChI is InChI=1S/C18H19NO4/c1-4-22-17(21)8-5-14-9-12(2)18(13(3)10-14)23-16-7-6-15(20)11-19-16/h5-11,20H,4H2,1-3H3/b8-5+. The first-order valence-electron chi connectivity index (χ1n) is 7.28. The first-order chi connectivity index (χ1) is 11.0. The molecule has 2 aromatic rings. The van der Waals surface area contributed by atoms with Crippen molar-refractivity contribution in [1.82, 2.24) is 4.98 Å². The monoisotopic (exact) mass is 313 g/mol. The summed E-state index contributed by atoms with van der Waals surface area (Å²) in [6.45, 7) is 5.96. The third-order valence-corrected chi connectivity index (χ3v) is 3.11. The van der Waals surface area contributed by atoms with Gasteiger partial charge in [-0.25, -0.2) is 9.78 Å². The summed E-state index contributed by atoms with van der Waals surface area (Å²) in [6.07, 6.45) is 4.44. The van der Waals surface area contributed by atoms with Gasteiger partial charge in [-0.1, -0.05) is 0 Å². The number of rotatable bonds is 5. The Morgan fingerprint density at radius 3 is 2.52 bits per heavy atom. The van der Waals surface area contributed by atoms with Crippen LogP contribution in [-0.4, -0.2) is 22.7 Å². The minimum atomic E-state index is -0.364. The topological polar surface area (TPSA) is 68.7 Å². The van der Waals surface area contributed by atoms with Crippen LogP contribution in [0.1, 0.15) is 23.6 Å². The van der Waals surface area contributed by atoms with E-state index in [1.54, 1.807) is 19.1 Å². The van der Waals surface area contributed by atoms with Gasteiger partial charge in [-0.3, -0.25) is 0 Å². The summed E-state index contributed by atoms with van der Waals surface area (Å²) in [6, 6.07) is 6.95. The lowest BCUT2D eigenvalue weighted by Crippen LogP contribution is -1.99. The van der Waals surface area contributed by atoms with Gasteiger partial charge in [0.1, 0.15) is 11.5 Å². The third-order valence-electron chi connectivity index (χ3n) is 3.11. The normalized spacial score (nSPS) is 10.7. The van der Waals surface area contributed by atoms with E-state index in [2.05, 4.69) is 4.98 Å². The molecule has 5 heteroatoms. The summed E-state index contributed by atoms with van der Waals surface area (Å²) in [5, 5.41) is 9.25. The first kappa shape index (κ1) is 16.5. The highest BCUT2D eigenvalue weighted by Gasteiger charge is 2.08. The molecule has 1 heterocycles. The largest absolute Gasteiger partial charge is 0.506 e. The highest BCUT2D eigenvalue weighted by molar-refractivity contribution is 5.87. The molecule has 2 rings (SSSR count). The van der Waals surface area contributed by atoms with Crippen molar-refractivity contribution in [3.05, 3.63) is 53.2 Å². The molecule has 0 aliphatic rings. The highest BCUT2D eigenvalue weighted by Crippen LogP contribution is 2.29. The van der Waals surface area contributed by atoms with Gasteiger partial charge in [-0.2, -0.15) is 0 Å². The van der Waals surface area contributed by atoms with Gasteiger partial charge in [-0.05, 0) is 61.7 Å². The molecule has 1 aromatic carbocycles. The molecule has 0 spiro atoms. The van der Waals surface area contributed by atoms with E-state index < -0.39 is 0 Å². The fraction of sp³-hybridized carbons (Fsp3) is 0.222. The van der Waals surface area contributed by atoms with E-state index in [4.69, 9.17) is 9.47 Å². The second kappa shape index (κ2) is 7.45. The molecule has 0 saturated heterocycles. The highest BCUT2D eigenvalue weighted by atomic mass is 16.5. The molecule has 5 nitrogen and oxygen atoms in total. The molecule has 0 unspecified atom stereocenters. The zero-order valence-electron chi connectivity index (χ0n) is 13.4. The Kier molecular flexibility index (Phi) is 5.36. The zero-order valence-corrected chi connectivity index (χ0v) is 13.4. The molecule has 0 radical (unpaired) electrons. The van der Waals surface area contributed by atoms with Gasteiger partial charge in [0.25, 0.3) is 0 Å². The van der Waals surface area contributed by atoms with Crippen molar-refractivity contribution < 1.29 is 19.4 Å². The second-order valence-corrected chi connectivity index (χ2v) is 5.03. The zero-order chi connectivity index (χ0) is 16.8. The van der Waals surface area contributed by atoms with Gasteiger partial charge in [0, 0.05) is 12.1 Å². The Labute approximate surface area is 135 Å². The maximum atomic E-state index is 11.4. The van der Waals surface area contributed by atoms with E-state index in [1.807, 2.05) is 26.0 Å². The molecular formula is C18H19NO4. The molecule has 120 valence electrons. The van der Waals surface area contributed by atoms with Crippen molar-refractivity contribution in [2.75, 3.05) is 6.61 Å². The maximum Gasteiger partial charge on any atom is 0.330 e. The van der Waals surface area contributed by atoms with Crippen LogP contribution in [-0.2, 0) is 9.53 Å². The number of pyridine rings is 1. The van der Waals surface area contributed by atoms with E-state index in [0.717, 1.165) is 16.7 Å². The smallest absolute Gasteiger partial charge is 0.330 e. The lowest BCUT2D eigenvalue weighted by Gasteiger charge is -2.12. The van der Waals surface area contributed by atoms with Crippen LogP contribution in [0.3, 0.4) is 0 Å². The molecule has 0 saturated carbocycles. The molecule has 1 aromatic heterocycles. The third kappa shape index (κ3) is 4.57. The van der Waals surface area contributed by atoms with Crippen LogP contribution >= 0.6 is 0 Å². The van der Waals surface area contributed by atoms with Gasteiger partial charge < -0.3 is 14.6 Å². The number of aromatic nitrogens is 1. The van der Waals surface area contributed by atoms with E-state index in [9.17, 15) is 9.90 Å². The minimum absolute atomic E-state index is 0.0882.